The van der Waals surface area contributed by atoms with Gasteiger partial charge in [0.25, 0.3) is 0 Å². The van der Waals surface area contributed by atoms with Crippen LogP contribution in [0.25, 0.3) is 16.9 Å². The van der Waals surface area contributed by atoms with E-state index in [-0.39, 0.29) is 30.2 Å². The zero-order valence-electron chi connectivity index (χ0n) is 24.0. The molecule has 11 heteroatoms. The number of thioether (sulfide) groups is 1. The van der Waals surface area contributed by atoms with Crippen LogP contribution in [0.3, 0.4) is 0 Å². The summed E-state index contributed by atoms with van der Waals surface area (Å²) in [6, 6.07) is 20.7. The minimum absolute atomic E-state index is 0.132. The Kier molecular flexibility index (Phi) is 8.23. The van der Waals surface area contributed by atoms with Gasteiger partial charge in [0, 0.05) is 27.8 Å². The molecule has 1 aliphatic heterocycles. The number of nitrogens with one attached hydrogen (secondary N) is 1. The van der Waals surface area contributed by atoms with E-state index < -0.39 is 5.25 Å². The summed E-state index contributed by atoms with van der Waals surface area (Å²) in [6.07, 6.45) is 1.89. The minimum atomic E-state index is -0.391. The molecule has 1 N–H and O–H groups in total. The number of ether oxygens (including phenoxy) is 3. The number of carbonyl (C=O) groups is 2. The van der Waals surface area contributed by atoms with Crippen LogP contribution in [0.4, 0.5) is 5.82 Å². The molecule has 2 aliphatic rings. The number of aromatic nitrogens is 2. The molecule has 0 spiro atoms. The predicted octanol–water partition coefficient (Wildman–Crippen LogP) is 5.67. The number of carbonyl (C=O) groups excluding carboxylic acids is 2. The van der Waals surface area contributed by atoms with Crippen molar-refractivity contribution in [1.29, 1.82) is 0 Å². The lowest BCUT2D eigenvalue weighted by Gasteiger charge is -2.23. The zero-order valence-corrected chi connectivity index (χ0v) is 25.6. The molecule has 1 atom stereocenters. The second-order valence-corrected chi connectivity index (χ2v) is 11.9. The topological polar surface area (TPSA) is 94.9 Å². The quantitative estimate of drug-likeness (QED) is 0.258. The van der Waals surface area contributed by atoms with Crippen molar-refractivity contribution in [2.24, 2.45) is 0 Å². The van der Waals surface area contributed by atoms with Crippen LogP contribution in [0.2, 0.25) is 5.02 Å². The summed E-state index contributed by atoms with van der Waals surface area (Å²) < 4.78 is 18.5. The van der Waals surface area contributed by atoms with Crippen LogP contribution in [0.5, 0.6) is 17.2 Å². The highest BCUT2D eigenvalue weighted by molar-refractivity contribution is 8.00. The van der Waals surface area contributed by atoms with Crippen molar-refractivity contribution in [2.75, 3.05) is 38.5 Å². The fourth-order valence-electron chi connectivity index (χ4n) is 5.18. The molecule has 0 radical (unpaired) electrons. The van der Waals surface area contributed by atoms with E-state index in [4.69, 9.17) is 30.9 Å². The van der Waals surface area contributed by atoms with Crippen molar-refractivity contribution in [2.45, 2.75) is 24.1 Å². The molecule has 3 aromatic carbocycles. The van der Waals surface area contributed by atoms with E-state index in [0.717, 1.165) is 29.5 Å². The summed E-state index contributed by atoms with van der Waals surface area (Å²) in [4.78, 5) is 28.7. The normalized spacial score (nSPS) is 16.3. The Morgan fingerprint density at radius 2 is 1.67 bits per heavy atom. The van der Waals surface area contributed by atoms with Crippen molar-refractivity contribution in [3.63, 3.8) is 0 Å². The van der Waals surface area contributed by atoms with Crippen LogP contribution in [-0.4, -0.2) is 61.3 Å². The van der Waals surface area contributed by atoms with Gasteiger partial charge in [0.15, 0.2) is 0 Å². The van der Waals surface area contributed by atoms with Crippen LogP contribution in [0.15, 0.2) is 66.7 Å². The molecule has 1 unspecified atom stereocenters. The number of nitrogens with zero attached hydrogens (tertiary/aromatic N) is 3. The Balaban J connectivity index is 1.63. The van der Waals surface area contributed by atoms with Gasteiger partial charge in [0.1, 0.15) is 29.6 Å². The molecular weight excluding hydrogens is 588 g/mol. The zero-order chi connectivity index (χ0) is 30.1. The standard InChI is InChI=1S/C32H31ClN4O5S/c1-40-23-12-10-22(11-13-23)37-32-29(30(35-37)19-4-6-20(33)7-5-19)31(25-16-24(41-2)14-15-26(25)42-3)43-18-28(39)36(32)17-27(38)34-21-8-9-21/h4-7,10-16,21,31H,8-9,17-18H2,1-3H3,(H,34,38). The third-order valence-electron chi connectivity index (χ3n) is 7.49. The van der Waals surface area contributed by atoms with Gasteiger partial charge < -0.3 is 19.5 Å². The largest absolute Gasteiger partial charge is 0.497 e. The second kappa shape index (κ2) is 12.2. The second-order valence-electron chi connectivity index (χ2n) is 10.3. The summed E-state index contributed by atoms with van der Waals surface area (Å²) >= 11 is 7.74. The molecule has 2 heterocycles. The SMILES string of the molecule is COc1ccc(-n2nc(-c3ccc(Cl)cc3)c3c2N(CC(=O)NC2CC2)C(=O)CSC3c2cc(OC)ccc2OC)cc1. The van der Waals surface area contributed by atoms with Crippen LogP contribution in [-0.2, 0) is 9.59 Å². The summed E-state index contributed by atoms with van der Waals surface area (Å²) in [5.41, 5.74) is 3.79. The van der Waals surface area contributed by atoms with Gasteiger partial charge in [0.2, 0.25) is 11.8 Å². The molecule has 4 aromatic rings. The maximum atomic E-state index is 13.9. The first-order valence-corrected chi connectivity index (χ1v) is 15.3. The highest BCUT2D eigenvalue weighted by Crippen LogP contribution is 2.51. The van der Waals surface area contributed by atoms with Crippen LogP contribution in [0, 0.1) is 0 Å². The predicted molar refractivity (Wildman–Crippen MR) is 168 cm³/mol. The first-order valence-electron chi connectivity index (χ1n) is 13.9. The summed E-state index contributed by atoms with van der Waals surface area (Å²) in [5, 5.41) is 8.36. The van der Waals surface area contributed by atoms with E-state index in [1.54, 1.807) is 30.9 Å². The van der Waals surface area contributed by atoms with E-state index in [0.29, 0.717) is 39.5 Å². The Bertz CT molecular complexity index is 1650. The number of methoxy groups -OCH3 is 3. The van der Waals surface area contributed by atoms with Crippen LogP contribution < -0.4 is 24.4 Å². The summed E-state index contributed by atoms with van der Waals surface area (Å²) in [5.74, 6) is 2.25. The molecule has 1 aliphatic carbocycles. The lowest BCUT2D eigenvalue weighted by Crippen LogP contribution is -2.43. The van der Waals surface area contributed by atoms with Gasteiger partial charge in [-0.25, -0.2) is 4.68 Å². The van der Waals surface area contributed by atoms with Gasteiger partial charge in [-0.3, -0.25) is 14.5 Å². The van der Waals surface area contributed by atoms with Crippen LogP contribution >= 0.6 is 23.4 Å². The number of halogens is 1. The van der Waals surface area contributed by atoms with E-state index in [1.165, 1.54) is 11.8 Å². The molecule has 43 heavy (non-hydrogen) atoms. The first-order chi connectivity index (χ1) is 20.9. The first kappa shape index (κ1) is 28.9. The third-order valence-corrected chi connectivity index (χ3v) is 8.98. The number of rotatable bonds is 9. The molecule has 6 rings (SSSR count). The molecule has 1 saturated carbocycles. The number of fused-ring (bicyclic) bond motifs is 1. The van der Waals surface area contributed by atoms with Gasteiger partial charge >= 0.3 is 0 Å². The maximum Gasteiger partial charge on any atom is 0.240 e. The average molecular weight is 619 g/mol. The molecule has 0 saturated heterocycles. The Hall–Kier alpha value is -4.15. The van der Waals surface area contributed by atoms with Crippen molar-refractivity contribution < 1.29 is 23.8 Å². The number of anilines is 1. The van der Waals surface area contributed by atoms with Gasteiger partial charge in [-0.15, -0.1) is 11.8 Å². The van der Waals surface area contributed by atoms with Crippen molar-refractivity contribution in [1.82, 2.24) is 15.1 Å². The van der Waals surface area contributed by atoms with Crippen molar-refractivity contribution >= 4 is 41.0 Å². The molecular formula is C32H31ClN4O5S. The Morgan fingerprint density at radius 1 is 0.977 bits per heavy atom. The van der Waals surface area contributed by atoms with Crippen molar-refractivity contribution in [3.8, 4) is 34.2 Å². The number of hydrogen-bond acceptors (Lipinski definition) is 7. The van der Waals surface area contributed by atoms with E-state index in [1.807, 2.05) is 66.7 Å². The van der Waals surface area contributed by atoms with Crippen molar-refractivity contribution in [3.05, 3.63) is 82.9 Å². The van der Waals surface area contributed by atoms with Gasteiger partial charge in [-0.1, -0.05) is 23.7 Å². The van der Waals surface area contributed by atoms with E-state index in [9.17, 15) is 9.59 Å². The highest BCUT2D eigenvalue weighted by atomic mass is 35.5. The fraction of sp³-hybridized carbons (Fsp3) is 0.281. The lowest BCUT2D eigenvalue weighted by molar-refractivity contribution is -0.123. The van der Waals surface area contributed by atoms with E-state index >= 15 is 0 Å². The van der Waals surface area contributed by atoms with Gasteiger partial charge in [-0.05, 0) is 67.4 Å². The Labute approximate surface area is 259 Å². The lowest BCUT2D eigenvalue weighted by atomic mass is 9.98. The molecule has 9 nitrogen and oxygen atoms in total. The molecule has 2 amide bonds. The maximum absolute atomic E-state index is 13.9. The Morgan fingerprint density at radius 3 is 2.33 bits per heavy atom. The number of benzene rings is 3. The van der Waals surface area contributed by atoms with E-state index in [2.05, 4.69) is 5.32 Å². The minimum Gasteiger partial charge on any atom is -0.497 e. The molecule has 1 fully saturated rings. The number of amides is 2. The monoisotopic (exact) mass is 618 g/mol. The molecule has 1 aromatic heterocycles. The fourth-order valence-corrected chi connectivity index (χ4v) is 6.52. The highest BCUT2D eigenvalue weighted by Gasteiger charge is 2.39. The van der Waals surface area contributed by atoms with Crippen LogP contribution in [0.1, 0.15) is 29.2 Å². The summed E-state index contributed by atoms with van der Waals surface area (Å²) in [7, 11) is 4.84. The van der Waals surface area contributed by atoms with Gasteiger partial charge in [0.05, 0.1) is 43.7 Å². The molecule has 222 valence electrons. The average Bonchev–Trinajstić information content (AvgIpc) is 3.79. The van der Waals surface area contributed by atoms with Gasteiger partial charge in [-0.2, -0.15) is 5.10 Å². The summed E-state index contributed by atoms with van der Waals surface area (Å²) in [6.45, 7) is -0.132. The smallest absolute Gasteiger partial charge is 0.240 e. The third kappa shape index (κ3) is 5.89. The molecule has 0 bridgehead atoms. The number of hydrogen-bond donors (Lipinski definition) is 1.